The van der Waals surface area contributed by atoms with Crippen molar-refractivity contribution in [3.63, 3.8) is 0 Å². The van der Waals surface area contributed by atoms with E-state index in [9.17, 15) is 9.59 Å². The lowest BCUT2D eigenvalue weighted by Crippen LogP contribution is -2.37. The van der Waals surface area contributed by atoms with Crippen LogP contribution in [0.3, 0.4) is 0 Å². The van der Waals surface area contributed by atoms with E-state index in [4.69, 9.17) is 4.74 Å². The Morgan fingerprint density at radius 1 is 1.35 bits per heavy atom. The van der Waals surface area contributed by atoms with Gasteiger partial charge in [0.05, 0.1) is 24.4 Å². The first-order valence-corrected chi connectivity index (χ1v) is 8.29. The molecule has 3 heterocycles. The van der Waals surface area contributed by atoms with Crippen LogP contribution in [0, 0.1) is 23.7 Å². The highest BCUT2D eigenvalue weighted by atomic mass is 16.5. The Balaban J connectivity index is 1.24. The molecule has 4 atom stereocenters. The lowest BCUT2D eigenvalue weighted by molar-refractivity contribution is -0.135. The molecule has 0 spiro atoms. The summed E-state index contributed by atoms with van der Waals surface area (Å²) in [4.78, 5) is 30.4. The summed E-state index contributed by atoms with van der Waals surface area (Å²) in [7, 11) is 0. The minimum atomic E-state index is 0.0412. The smallest absolute Gasteiger partial charge is 0.228 e. The fourth-order valence-electron chi connectivity index (χ4n) is 3.98. The van der Waals surface area contributed by atoms with Gasteiger partial charge in [-0.3, -0.25) is 14.6 Å². The molecule has 2 amide bonds. The van der Waals surface area contributed by atoms with Crippen LogP contribution in [0.4, 0.5) is 5.69 Å². The molecule has 4 rings (SSSR count). The number of hydrogen-bond donors (Lipinski definition) is 1. The number of carbonyl (C=O) groups is 2. The summed E-state index contributed by atoms with van der Waals surface area (Å²) in [6.45, 7) is 2.89. The molecule has 1 N–H and O–H groups in total. The average Bonchev–Trinajstić information content (AvgIpc) is 3.01. The molecular weight excluding hydrogens is 294 g/mol. The fourth-order valence-corrected chi connectivity index (χ4v) is 3.98. The van der Waals surface area contributed by atoms with Crippen molar-refractivity contribution in [2.75, 3.05) is 31.6 Å². The molecule has 3 fully saturated rings. The van der Waals surface area contributed by atoms with Crippen LogP contribution in [-0.4, -0.2) is 48.0 Å². The number of pyridine rings is 1. The zero-order valence-electron chi connectivity index (χ0n) is 13.0. The highest BCUT2D eigenvalue weighted by Gasteiger charge is 2.57. The molecule has 3 aliphatic rings. The van der Waals surface area contributed by atoms with E-state index in [0.717, 1.165) is 25.2 Å². The summed E-state index contributed by atoms with van der Waals surface area (Å²) in [5, 5.41) is 2.88. The molecule has 0 aromatic carbocycles. The van der Waals surface area contributed by atoms with Crippen LogP contribution in [0.25, 0.3) is 0 Å². The van der Waals surface area contributed by atoms with Crippen molar-refractivity contribution in [1.29, 1.82) is 0 Å². The monoisotopic (exact) mass is 315 g/mol. The van der Waals surface area contributed by atoms with Crippen LogP contribution in [0.5, 0.6) is 0 Å². The number of nitrogens with zero attached hydrogens (tertiary/aromatic N) is 2. The van der Waals surface area contributed by atoms with Gasteiger partial charge in [-0.25, -0.2) is 0 Å². The highest BCUT2D eigenvalue weighted by molar-refractivity contribution is 5.91. The zero-order chi connectivity index (χ0) is 15.8. The topological polar surface area (TPSA) is 71.5 Å². The van der Waals surface area contributed by atoms with Gasteiger partial charge in [0.2, 0.25) is 11.8 Å². The first kappa shape index (κ1) is 14.6. The third-order valence-corrected chi connectivity index (χ3v) is 5.33. The van der Waals surface area contributed by atoms with Gasteiger partial charge in [0, 0.05) is 32.3 Å². The van der Waals surface area contributed by atoms with E-state index < -0.39 is 0 Å². The van der Waals surface area contributed by atoms with Gasteiger partial charge in [-0.15, -0.1) is 0 Å². The number of piperidine rings is 1. The Morgan fingerprint density at radius 2 is 2.17 bits per heavy atom. The van der Waals surface area contributed by atoms with Crippen molar-refractivity contribution in [3.05, 3.63) is 24.5 Å². The number of carbonyl (C=O) groups excluding carboxylic acids is 2. The van der Waals surface area contributed by atoms with Crippen LogP contribution in [-0.2, 0) is 14.3 Å². The zero-order valence-corrected chi connectivity index (χ0v) is 13.0. The number of anilines is 1. The number of hydrogen-bond acceptors (Lipinski definition) is 4. The number of likely N-dealkylation sites (tertiary alicyclic amines) is 1. The Kier molecular flexibility index (Phi) is 3.77. The summed E-state index contributed by atoms with van der Waals surface area (Å²) in [5.41, 5.74) is 0.737. The molecule has 1 aromatic heterocycles. The number of amides is 2. The van der Waals surface area contributed by atoms with Crippen molar-refractivity contribution in [2.24, 2.45) is 23.7 Å². The summed E-state index contributed by atoms with van der Waals surface area (Å²) < 4.78 is 5.30. The van der Waals surface area contributed by atoms with Crippen LogP contribution in [0.15, 0.2) is 24.5 Å². The minimum Gasteiger partial charge on any atom is -0.381 e. The van der Waals surface area contributed by atoms with Gasteiger partial charge in [0.15, 0.2) is 0 Å². The molecule has 23 heavy (non-hydrogen) atoms. The van der Waals surface area contributed by atoms with E-state index in [1.165, 1.54) is 0 Å². The van der Waals surface area contributed by atoms with Crippen LogP contribution < -0.4 is 5.32 Å². The van der Waals surface area contributed by atoms with Crippen molar-refractivity contribution >= 4 is 17.5 Å². The van der Waals surface area contributed by atoms with Gasteiger partial charge < -0.3 is 15.0 Å². The van der Waals surface area contributed by atoms with E-state index in [0.29, 0.717) is 37.4 Å². The van der Waals surface area contributed by atoms with Crippen molar-refractivity contribution in [2.45, 2.75) is 12.8 Å². The van der Waals surface area contributed by atoms with E-state index in [1.807, 2.05) is 11.0 Å². The summed E-state index contributed by atoms with van der Waals surface area (Å²) >= 11 is 0. The molecule has 0 radical (unpaired) electrons. The van der Waals surface area contributed by atoms with E-state index in [2.05, 4.69) is 10.3 Å². The second kappa shape index (κ2) is 5.92. The Bertz CT molecular complexity index is 588. The van der Waals surface area contributed by atoms with E-state index in [-0.39, 0.29) is 17.7 Å². The van der Waals surface area contributed by atoms with Gasteiger partial charge in [-0.1, -0.05) is 0 Å². The van der Waals surface area contributed by atoms with Crippen molar-refractivity contribution in [1.82, 2.24) is 9.88 Å². The molecule has 0 bridgehead atoms. The number of rotatable bonds is 4. The second-order valence-electron chi connectivity index (χ2n) is 6.79. The largest absolute Gasteiger partial charge is 0.381 e. The standard InChI is InChI=1S/C17H21N3O3/c21-16(19-12-2-1-4-18-7-12)6-13-14-8-20(9-15(13)14)17(22)11-3-5-23-10-11/h1-2,4,7,11,13-15H,3,5-6,8-10H2,(H,19,21)/t11?,13?,14-,15+. The maximum atomic E-state index is 12.3. The average molecular weight is 315 g/mol. The summed E-state index contributed by atoms with van der Waals surface area (Å²) in [5.74, 6) is 1.77. The van der Waals surface area contributed by atoms with Crippen molar-refractivity contribution in [3.8, 4) is 0 Å². The van der Waals surface area contributed by atoms with Gasteiger partial charge in [-0.05, 0) is 36.3 Å². The Morgan fingerprint density at radius 3 is 2.83 bits per heavy atom. The molecular formula is C17H21N3O3. The molecule has 2 unspecified atom stereocenters. The number of fused-ring (bicyclic) bond motifs is 1. The molecule has 6 heteroatoms. The lowest BCUT2D eigenvalue weighted by Gasteiger charge is -2.22. The van der Waals surface area contributed by atoms with E-state index in [1.54, 1.807) is 18.5 Å². The lowest BCUT2D eigenvalue weighted by atomic mass is 10.1. The fraction of sp³-hybridized carbons (Fsp3) is 0.588. The van der Waals surface area contributed by atoms with Crippen LogP contribution in [0.2, 0.25) is 0 Å². The highest BCUT2D eigenvalue weighted by Crippen LogP contribution is 2.53. The minimum absolute atomic E-state index is 0.0412. The van der Waals surface area contributed by atoms with Gasteiger partial charge >= 0.3 is 0 Å². The molecule has 2 aliphatic heterocycles. The first-order chi connectivity index (χ1) is 11.2. The first-order valence-electron chi connectivity index (χ1n) is 8.29. The number of ether oxygens (including phenoxy) is 1. The third kappa shape index (κ3) is 2.95. The molecule has 1 saturated carbocycles. The molecule has 1 aliphatic carbocycles. The molecule has 2 saturated heterocycles. The maximum Gasteiger partial charge on any atom is 0.228 e. The summed E-state index contributed by atoms with van der Waals surface area (Å²) in [6.07, 6.45) is 4.72. The number of aromatic nitrogens is 1. The second-order valence-corrected chi connectivity index (χ2v) is 6.79. The number of nitrogens with one attached hydrogen (secondary N) is 1. The normalized spacial score (nSPS) is 31.7. The Labute approximate surface area is 135 Å². The SMILES string of the molecule is O=C(CC1[C@H]2CN(C(=O)C3CCOC3)C[C@@H]12)Nc1cccnc1. The van der Waals surface area contributed by atoms with Gasteiger partial charge in [0.1, 0.15) is 0 Å². The van der Waals surface area contributed by atoms with Gasteiger partial charge in [-0.2, -0.15) is 0 Å². The molecule has 6 nitrogen and oxygen atoms in total. The van der Waals surface area contributed by atoms with Crippen LogP contribution >= 0.6 is 0 Å². The quantitative estimate of drug-likeness (QED) is 0.905. The third-order valence-electron chi connectivity index (χ3n) is 5.33. The maximum absolute atomic E-state index is 12.3. The van der Waals surface area contributed by atoms with Crippen LogP contribution in [0.1, 0.15) is 12.8 Å². The molecule has 1 aromatic rings. The predicted octanol–water partition coefficient (Wildman–Crippen LogP) is 1.15. The van der Waals surface area contributed by atoms with E-state index >= 15 is 0 Å². The molecule has 122 valence electrons. The van der Waals surface area contributed by atoms with Crippen molar-refractivity contribution < 1.29 is 14.3 Å². The summed E-state index contributed by atoms with van der Waals surface area (Å²) in [6, 6.07) is 3.64. The predicted molar refractivity (Wildman–Crippen MR) is 83.5 cm³/mol. The Hall–Kier alpha value is -1.95. The van der Waals surface area contributed by atoms with Gasteiger partial charge in [0.25, 0.3) is 0 Å².